The van der Waals surface area contributed by atoms with E-state index >= 15 is 0 Å². The Bertz CT molecular complexity index is 638. The molecule has 5 nitrogen and oxygen atoms in total. The van der Waals surface area contributed by atoms with Gasteiger partial charge in [-0.05, 0) is 30.9 Å². The van der Waals surface area contributed by atoms with Gasteiger partial charge in [-0.1, -0.05) is 30.3 Å². The number of nitrogens with one attached hydrogen (secondary N) is 1. The van der Waals surface area contributed by atoms with Gasteiger partial charge in [0.25, 0.3) is 0 Å². The zero-order valence-electron chi connectivity index (χ0n) is 13.2. The number of amides is 1. The van der Waals surface area contributed by atoms with Crippen LogP contribution in [-0.4, -0.2) is 29.0 Å². The molecular weight excluding hydrogens is 288 g/mol. The van der Waals surface area contributed by atoms with Gasteiger partial charge in [0.15, 0.2) is 0 Å². The van der Waals surface area contributed by atoms with Gasteiger partial charge in [-0.3, -0.25) is 4.79 Å². The number of carbonyl (C=O) groups excluding carboxylic acids is 1. The van der Waals surface area contributed by atoms with Crippen molar-refractivity contribution in [2.75, 3.05) is 18.0 Å². The predicted octanol–water partition coefficient (Wildman–Crippen LogP) is 2.33. The summed E-state index contributed by atoms with van der Waals surface area (Å²) >= 11 is 0. The van der Waals surface area contributed by atoms with Crippen LogP contribution in [0.25, 0.3) is 0 Å². The summed E-state index contributed by atoms with van der Waals surface area (Å²) in [5.41, 5.74) is 1.01. The minimum atomic E-state index is -0.0109. The van der Waals surface area contributed by atoms with Crippen molar-refractivity contribution in [3.05, 3.63) is 54.0 Å². The van der Waals surface area contributed by atoms with E-state index in [2.05, 4.69) is 20.2 Å². The number of anilines is 1. The monoisotopic (exact) mass is 310 g/mol. The van der Waals surface area contributed by atoms with Gasteiger partial charge < -0.3 is 10.2 Å². The first-order chi connectivity index (χ1) is 11.3. The van der Waals surface area contributed by atoms with E-state index in [0.717, 1.165) is 24.5 Å². The van der Waals surface area contributed by atoms with Gasteiger partial charge >= 0.3 is 0 Å². The molecule has 1 amide bonds. The smallest absolute Gasteiger partial charge is 0.224 e. The molecular formula is C18H22N4O. The Kier molecular flexibility index (Phi) is 5.19. The number of piperidine rings is 1. The molecule has 0 radical (unpaired) electrons. The zero-order chi connectivity index (χ0) is 15.9. The molecule has 23 heavy (non-hydrogen) atoms. The maximum atomic E-state index is 12.0. The molecule has 0 bridgehead atoms. The van der Waals surface area contributed by atoms with Gasteiger partial charge in [0, 0.05) is 19.3 Å². The van der Waals surface area contributed by atoms with Crippen LogP contribution in [0.2, 0.25) is 0 Å². The van der Waals surface area contributed by atoms with E-state index in [0.29, 0.717) is 18.8 Å². The van der Waals surface area contributed by atoms with Crippen LogP contribution in [0.5, 0.6) is 0 Å². The summed E-state index contributed by atoms with van der Waals surface area (Å²) in [5.74, 6) is 1.62. The number of rotatable bonds is 5. The Labute approximate surface area is 136 Å². The van der Waals surface area contributed by atoms with Crippen LogP contribution >= 0.6 is 0 Å². The highest BCUT2D eigenvalue weighted by Gasteiger charge is 2.13. The molecule has 1 aromatic carbocycles. The topological polar surface area (TPSA) is 58.1 Å². The second-order valence-corrected chi connectivity index (χ2v) is 5.82. The van der Waals surface area contributed by atoms with Crippen molar-refractivity contribution in [3.63, 3.8) is 0 Å². The van der Waals surface area contributed by atoms with Crippen LogP contribution < -0.4 is 10.2 Å². The van der Waals surface area contributed by atoms with Crippen LogP contribution in [0, 0.1) is 0 Å². The average molecular weight is 310 g/mol. The predicted molar refractivity (Wildman–Crippen MR) is 90.1 cm³/mol. The number of hydrogen-bond acceptors (Lipinski definition) is 4. The minimum absolute atomic E-state index is 0.0109. The SMILES string of the molecule is O=C(Cc1ccccc1)NCc1nccc(N2CCCCC2)n1. The first-order valence-corrected chi connectivity index (χ1v) is 8.19. The van der Waals surface area contributed by atoms with Crippen LogP contribution in [-0.2, 0) is 17.8 Å². The third-order valence-electron chi connectivity index (χ3n) is 4.02. The van der Waals surface area contributed by atoms with Crippen molar-refractivity contribution in [2.24, 2.45) is 0 Å². The third-order valence-corrected chi connectivity index (χ3v) is 4.02. The second kappa shape index (κ2) is 7.72. The van der Waals surface area contributed by atoms with Crippen molar-refractivity contribution < 1.29 is 4.79 Å². The average Bonchev–Trinajstić information content (AvgIpc) is 2.62. The standard InChI is InChI=1S/C18H22N4O/c23-18(13-15-7-3-1-4-8-15)20-14-16-19-10-9-17(21-16)22-11-5-2-6-12-22/h1,3-4,7-10H,2,5-6,11-14H2,(H,20,23). The molecule has 0 saturated carbocycles. The number of hydrogen-bond donors (Lipinski definition) is 1. The van der Waals surface area contributed by atoms with Gasteiger partial charge in [-0.2, -0.15) is 0 Å². The zero-order valence-corrected chi connectivity index (χ0v) is 13.2. The Balaban J connectivity index is 1.54. The number of carbonyl (C=O) groups is 1. The van der Waals surface area contributed by atoms with E-state index in [4.69, 9.17) is 0 Å². The van der Waals surface area contributed by atoms with Crippen molar-refractivity contribution in [2.45, 2.75) is 32.2 Å². The molecule has 1 saturated heterocycles. The molecule has 1 N–H and O–H groups in total. The van der Waals surface area contributed by atoms with E-state index in [9.17, 15) is 4.79 Å². The highest BCUT2D eigenvalue weighted by atomic mass is 16.1. The number of nitrogens with zero attached hydrogens (tertiary/aromatic N) is 3. The molecule has 2 aromatic rings. The second-order valence-electron chi connectivity index (χ2n) is 5.82. The molecule has 0 aliphatic carbocycles. The minimum Gasteiger partial charge on any atom is -0.357 e. The van der Waals surface area contributed by atoms with Crippen LogP contribution in [0.1, 0.15) is 30.7 Å². The lowest BCUT2D eigenvalue weighted by Gasteiger charge is -2.27. The van der Waals surface area contributed by atoms with Crippen LogP contribution in [0.3, 0.4) is 0 Å². The van der Waals surface area contributed by atoms with Crippen molar-refractivity contribution in [1.29, 1.82) is 0 Å². The number of benzene rings is 1. The lowest BCUT2D eigenvalue weighted by atomic mass is 10.1. The number of aromatic nitrogens is 2. The molecule has 3 rings (SSSR count). The van der Waals surface area contributed by atoms with Gasteiger partial charge in [0.1, 0.15) is 11.6 Å². The maximum absolute atomic E-state index is 12.0. The van der Waals surface area contributed by atoms with E-state index in [1.54, 1.807) is 6.20 Å². The summed E-state index contributed by atoms with van der Waals surface area (Å²) in [5, 5.41) is 2.90. The van der Waals surface area contributed by atoms with Gasteiger partial charge in [0.2, 0.25) is 5.91 Å². The normalized spacial score (nSPS) is 14.5. The van der Waals surface area contributed by atoms with Gasteiger partial charge in [-0.25, -0.2) is 9.97 Å². The van der Waals surface area contributed by atoms with E-state index in [1.807, 2.05) is 36.4 Å². The van der Waals surface area contributed by atoms with Crippen molar-refractivity contribution >= 4 is 11.7 Å². The fourth-order valence-corrected chi connectivity index (χ4v) is 2.79. The summed E-state index contributed by atoms with van der Waals surface area (Å²) in [6, 6.07) is 11.7. The fraction of sp³-hybridized carbons (Fsp3) is 0.389. The summed E-state index contributed by atoms with van der Waals surface area (Å²) in [6.07, 6.45) is 5.88. The molecule has 1 aliphatic heterocycles. The summed E-state index contributed by atoms with van der Waals surface area (Å²) < 4.78 is 0. The van der Waals surface area contributed by atoms with Crippen LogP contribution in [0.15, 0.2) is 42.6 Å². The lowest BCUT2D eigenvalue weighted by molar-refractivity contribution is -0.120. The third kappa shape index (κ3) is 4.52. The largest absolute Gasteiger partial charge is 0.357 e. The summed E-state index contributed by atoms with van der Waals surface area (Å²) in [6.45, 7) is 2.47. The first-order valence-electron chi connectivity index (χ1n) is 8.19. The molecule has 1 aromatic heterocycles. The Morgan fingerprint density at radius 2 is 1.87 bits per heavy atom. The summed E-state index contributed by atoms with van der Waals surface area (Å²) in [4.78, 5) is 23.1. The van der Waals surface area contributed by atoms with Gasteiger partial charge in [0.05, 0.1) is 13.0 Å². The van der Waals surface area contributed by atoms with Crippen molar-refractivity contribution in [3.8, 4) is 0 Å². The molecule has 0 atom stereocenters. The van der Waals surface area contributed by atoms with E-state index in [1.165, 1.54) is 19.3 Å². The van der Waals surface area contributed by atoms with E-state index in [-0.39, 0.29) is 5.91 Å². The van der Waals surface area contributed by atoms with Gasteiger partial charge in [-0.15, -0.1) is 0 Å². The molecule has 1 aliphatic rings. The Hall–Kier alpha value is -2.43. The maximum Gasteiger partial charge on any atom is 0.224 e. The molecule has 1 fully saturated rings. The Morgan fingerprint density at radius 3 is 2.65 bits per heavy atom. The fourth-order valence-electron chi connectivity index (χ4n) is 2.79. The summed E-state index contributed by atoms with van der Waals surface area (Å²) in [7, 11) is 0. The molecule has 0 spiro atoms. The highest BCUT2D eigenvalue weighted by Crippen LogP contribution is 2.16. The van der Waals surface area contributed by atoms with E-state index < -0.39 is 0 Å². The quantitative estimate of drug-likeness (QED) is 0.921. The van der Waals surface area contributed by atoms with Crippen molar-refractivity contribution in [1.82, 2.24) is 15.3 Å². The first kappa shape index (κ1) is 15.5. The molecule has 5 heteroatoms. The molecule has 2 heterocycles. The molecule has 0 unspecified atom stereocenters. The van der Waals surface area contributed by atoms with Crippen LogP contribution in [0.4, 0.5) is 5.82 Å². The highest BCUT2D eigenvalue weighted by molar-refractivity contribution is 5.78. The molecule has 120 valence electrons. The lowest BCUT2D eigenvalue weighted by Crippen LogP contribution is -2.31. The Morgan fingerprint density at radius 1 is 1.09 bits per heavy atom.